The Hall–Kier alpha value is -1.30. The Balaban J connectivity index is 2.76. The van der Waals surface area contributed by atoms with Gasteiger partial charge in [0.1, 0.15) is 5.60 Å². The molecular formula is C14H25NO5. The first-order valence-electron chi connectivity index (χ1n) is 6.77. The molecule has 0 aliphatic heterocycles. The normalized spacial score (nSPS) is 19.8. The summed E-state index contributed by atoms with van der Waals surface area (Å²) in [5, 5.41) is 10.1. The Kier molecular flexibility index (Phi) is 4.69. The summed E-state index contributed by atoms with van der Waals surface area (Å²) in [6.45, 7) is 7.18. The predicted molar refractivity (Wildman–Crippen MR) is 73.1 cm³/mol. The summed E-state index contributed by atoms with van der Waals surface area (Å²) in [6.07, 6.45) is -0.324. The van der Waals surface area contributed by atoms with E-state index in [1.165, 1.54) is 12.0 Å². The largest absolute Gasteiger partial charge is 0.467 e. The van der Waals surface area contributed by atoms with E-state index in [-0.39, 0.29) is 6.04 Å². The zero-order valence-electron chi connectivity index (χ0n) is 13.1. The number of carbonyl (C=O) groups is 2. The molecule has 20 heavy (non-hydrogen) atoms. The number of nitrogens with zero attached hydrogens (tertiary/aromatic N) is 1. The molecule has 0 radical (unpaired) electrons. The molecule has 1 fully saturated rings. The van der Waals surface area contributed by atoms with E-state index in [0.717, 1.165) is 0 Å². The lowest BCUT2D eigenvalue weighted by atomic mass is 9.90. The first kappa shape index (κ1) is 16.8. The molecule has 1 aliphatic rings. The zero-order valence-corrected chi connectivity index (χ0v) is 13.1. The molecule has 0 aromatic carbocycles. The molecule has 1 aliphatic carbocycles. The first-order valence-corrected chi connectivity index (χ1v) is 6.77. The van der Waals surface area contributed by atoms with Crippen molar-refractivity contribution in [2.24, 2.45) is 5.41 Å². The smallest absolute Gasteiger partial charge is 0.410 e. The minimum absolute atomic E-state index is 0.313. The van der Waals surface area contributed by atoms with Gasteiger partial charge in [0.2, 0.25) is 0 Å². The van der Waals surface area contributed by atoms with Gasteiger partial charge in [-0.25, -0.2) is 9.59 Å². The van der Waals surface area contributed by atoms with Gasteiger partial charge in [-0.15, -0.1) is 0 Å². The van der Waals surface area contributed by atoms with Crippen molar-refractivity contribution in [1.29, 1.82) is 0 Å². The molecule has 0 aromatic heterocycles. The molecule has 116 valence electrons. The highest BCUT2D eigenvalue weighted by Gasteiger charge is 2.58. The Morgan fingerprint density at radius 3 is 2.15 bits per heavy atom. The molecule has 6 nitrogen and oxygen atoms in total. The van der Waals surface area contributed by atoms with Gasteiger partial charge in [-0.1, -0.05) is 0 Å². The maximum absolute atomic E-state index is 12.0. The van der Waals surface area contributed by atoms with Gasteiger partial charge in [-0.05, 0) is 40.5 Å². The van der Waals surface area contributed by atoms with Gasteiger partial charge in [0.25, 0.3) is 0 Å². The average molecular weight is 287 g/mol. The molecule has 0 bridgehead atoms. The third kappa shape index (κ3) is 3.42. The number of rotatable bonds is 4. The van der Waals surface area contributed by atoms with Crippen molar-refractivity contribution in [2.75, 3.05) is 14.2 Å². The number of hydrogen-bond donors (Lipinski definition) is 1. The molecule has 1 saturated carbocycles. The van der Waals surface area contributed by atoms with E-state index in [1.54, 1.807) is 27.8 Å². The Morgan fingerprint density at radius 1 is 1.30 bits per heavy atom. The minimum Gasteiger partial charge on any atom is -0.467 e. The lowest BCUT2D eigenvalue weighted by Crippen LogP contribution is -2.49. The quantitative estimate of drug-likeness (QED) is 0.794. The second-order valence-electron chi connectivity index (χ2n) is 6.43. The summed E-state index contributed by atoms with van der Waals surface area (Å²) in [5.74, 6) is -0.660. The maximum Gasteiger partial charge on any atom is 0.410 e. The van der Waals surface area contributed by atoms with Crippen LogP contribution in [0.3, 0.4) is 0 Å². The summed E-state index contributed by atoms with van der Waals surface area (Å²) >= 11 is 0. The molecule has 2 atom stereocenters. The van der Waals surface area contributed by atoms with E-state index < -0.39 is 29.2 Å². The van der Waals surface area contributed by atoms with Crippen LogP contribution in [0.4, 0.5) is 4.79 Å². The zero-order chi connectivity index (χ0) is 15.7. The fourth-order valence-corrected chi connectivity index (χ4v) is 2.29. The number of methoxy groups -OCH3 is 1. The van der Waals surface area contributed by atoms with E-state index >= 15 is 0 Å². The number of ether oxygens (including phenoxy) is 2. The van der Waals surface area contributed by atoms with Crippen LogP contribution in [-0.4, -0.2) is 54.0 Å². The summed E-state index contributed by atoms with van der Waals surface area (Å²) in [5.41, 5.74) is -1.21. The summed E-state index contributed by atoms with van der Waals surface area (Å²) < 4.78 is 9.88. The molecule has 2 unspecified atom stereocenters. The van der Waals surface area contributed by atoms with Crippen molar-refractivity contribution in [3.05, 3.63) is 0 Å². The molecule has 1 N–H and O–H groups in total. The molecule has 1 rings (SSSR count). The van der Waals surface area contributed by atoms with Gasteiger partial charge in [0.15, 0.2) is 6.10 Å². The second kappa shape index (κ2) is 5.60. The number of aliphatic hydroxyl groups excluding tert-OH is 1. The summed E-state index contributed by atoms with van der Waals surface area (Å²) in [6, 6.07) is -0.313. The van der Waals surface area contributed by atoms with E-state index in [2.05, 4.69) is 4.74 Å². The highest BCUT2D eigenvalue weighted by Crippen LogP contribution is 2.53. The highest BCUT2D eigenvalue weighted by atomic mass is 16.6. The highest BCUT2D eigenvalue weighted by molar-refractivity contribution is 5.76. The molecule has 0 spiro atoms. The maximum atomic E-state index is 12.0. The van der Waals surface area contributed by atoms with E-state index in [4.69, 9.17) is 4.74 Å². The lowest BCUT2D eigenvalue weighted by molar-refractivity contribution is -0.156. The third-order valence-electron chi connectivity index (χ3n) is 3.89. The van der Waals surface area contributed by atoms with E-state index in [0.29, 0.717) is 12.8 Å². The van der Waals surface area contributed by atoms with E-state index in [9.17, 15) is 14.7 Å². The number of amides is 1. The van der Waals surface area contributed by atoms with Crippen LogP contribution in [0.25, 0.3) is 0 Å². The van der Waals surface area contributed by atoms with Crippen molar-refractivity contribution < 1.29 is 24.2 Å². The predicted octanol–water partition coefficient (Wildman–Crippen LogP) is 1.56. The third-order valence-corrected chi connectivity index (χ3v) is 3.89. The van der Waals surface area contributed by atoms with Gasteiger partial charge in [0, 0.05) is 18.5 Å². The van der Waals surface area contributed by atoms with Crippen LogP contribution in [0.2, 0.25) is 0 Å². The van der Waals surface area contributed by atoms with Crippen LogP contribution in [0.15, 0.2) is 0 Å². The van der Waals surface area contributed by atoms with Crippen molar-refractivity contribution in [3.63, 3.8) is 0 Å². The molecule has 6 heteroatoms. The molecular weight excluding hydrogens is 262 g/mol. The second-order valence-corrected chi connectivity index (χ2v) is 6.43. The van der Waals surface area contributed by atoms with Gasteiger partial charge in [-0.2, -0.15) is 0 Å². The van der Waals surface area contributed by atoms with Crippen LogP contribution in [-0.2, 0) is 14.3 Å². The number of carbonyl (C=O) groups excluding carboxylic acids is 2. The molecule has 0 saturated heterocycles. The number of aliphatic hydroxyl groups is 1. The standard InChI is InChI=1S/C14H25NO5/c1-9(15(5)12(18)20-13(2,3)4)14(7-8-14)10(16)11(17)19-6/h9-10,16H,7-8H2,1-6H3. The van der Waals surface area contributed by atoms with Gasteiger partial charge in [-0.3, -0.25) is 0 Å². The number of esters is 1. The van der Waals surface area contributed by atoms with Crippen LogP contribution in [0, 0.1) is 5.41 Å². The van der Waals surface area contributed by atoms with E-state index in [1.807, 2.05) is 6.92 Å². The van der Waals surface area contributed by atoms with Crippen molar-refractivity contribution >= 4 is 12.1 Å². The Morgan fingerprint density at radius 2 is 1.80 bits per heavy atom. The molecule has 0 aromatic rings. The van der Waals surface area contributed by atoms with Crippen LogP contribution < -0.4 is 0 Å². The lowest BCUT2D eigenvalue weighted by Gasteiger charge is -2.35. The minimum atomic E-state index is -1.22. The van der Waals surface area contributed by atoms with Crippen LogP contribution >= 0.6 is 0 Å². The fraction of sp³-hybridized carbons (Fsp3) is 0.857. The van der Waals surface area contributed by atoms with Crippen molar-refractivity contribution in [1.82, 2.24) is 4.90 Å². The molecule has 0 heterocycles. The SMILES string of the molecule is COC(=O)C(O)C1(C(C)N(C)C(=O)OC(C)(C)C)CC1. The average Bonchev–Trinajstić information content (AvgIpc) is 3.14. The topological polar surface area (TPSA) is 76.1 Å². The summed E-state index contributed by atoms with van der Waals surface area (Å²) in [4.78, 5) is 25.0. The Labute approximate surface area is 120 Å². The monoisotopic (exact) mass is 287 g/mol. The molecule has 1 amide bonds. The summed E-state index contributed by atoms with van der Waals surface area (Å²) in [7, 11) is 2.85. The van der Waals surface area contributed by atoms with Crippen molar-refractivity contribution in [3.8, 4) is 0 Å². The number of hydrogen-bond acceptors (Lipinski definition) is 5. The Bertz CT molecular complexity index is 384. The van der Waals surface area contributed by atoms with Crippen LogP contribution in [0.5, 0.6) is 0 Å². The first-order chi connectivity index (χ1) is 9.05. The fourth-order valence-electron chi connectivity index (χ4n) is 2.29. The van der Waals surface area contributed by atoms with Gasteiger partial charge >= 0.3 is 12.1 Å². The van der Waals surface area contributed by atoms with Crippen molar-refractivity contribution in [2.45, 2.75) is 58.3 Å². The van der Waals surface area contributed by atoms with Crippen LogP contribution in [0.1, 0.15) is 40.5 Å². The van der Waals surface area contributed by atoms with Gasteiger partial charge < -0.3 is 19.5 Å². The van der Waals surface area contributed by atoms with Gasteiger partial charge in [0.05, 0.1) is 7.11 Å².